The van der Waals surface area contributed by atoms with Gasteiger partial charge in [-0.2, -0.15) is 13.2 Å². The third-order valence-corrected chi connectivity index (χ3v) is 1.88. The van der Waals surface area contributed by atoms with Crippen molar-refractivity contribution in [2.24, 2.45) is 0 Å². The molecule has 0 amide bonds. The van der Waals surface area contributed by atoms with E-state index in [-0.39, 0.29) is 0 Å². The summed E-state index contributed by atoms with van der Waals surface area (Å²) in [5, 5.41) is 10.2. The van der Waals surface area contributed by atoms with Crippen LogP contribution in [0.2, 0.25) is 0 Å². The number of benzene rings is 1. The molecule has 0 aliphatic carbocycles. The Hall–Kier alpha value is -1.57. The van der Waals surface area contributed by atoms with Crippen molar-refractivity contribution in [1.82, 2.24) is 0 Å². The van der Waals surface area contributed by atoms with Crippen molar-refractivity contribution in [3.05, 3.63) is 34.1 Å². The Labute approximate surface area is 96.9 Å². The summed E-state index contributed by atoms with van der Waals surface area (Å²) in [7, 11) is 0. The summed E-state index contributed by atoms with van der Waals surface area (Å²) in [6.45, 7) is 0. The van der Waals surface area contributed by atoms with E-state index in [9.17, 15) is 27.7 Å². The molecule has 0 heterocycles. The zero-order valence-corrected chi connectivity index (χ0v) is 8.63. The molecule has 0 fully saturated rings. The monoisotopic (exact) mass is 273 g/mol. The normalized spacial score (nSPS) is 13.2. The van der Waals surface area contributed by atoms with Crippen molar-refractivity contribution in [3.8, 4) is 5.75 Å². The molecular formula is C8H4ClF4NO3. The smallest absolute Gasteiger partial charge is 0.429 e. The first-order valence-corrected chi connectivity index (χ1v) is 4.46. The largest absolute Gasteiger partial charge is 0.444 e. The van der Waals surface area contributed by atoms with E-state index in [0.717, 1.165) is 0 Å². The van der Waals surface area contributed by atoms with Gasteiger partial charge >= 0.3 is 11.8 Å². The molecule has 0 saturated heterocycles. The van der Waals surface area contributed by atoms with Gasteiger partial charge in [0.1, 0.15) is 5.75 Å². The van der Waals surface area contributed by atoms with E-state index in [1.165, 1.54) is 0 Å². The zero-order valence-electron chi connectivity index (χ0n) is 7.87. The fraction of sp³-hybridized carbons (Fsp3) is 0.250. The number of ether oxygens (including phenoxy) is 1. The molecule has 4 nitrogen and oxygen atoms in total. The predicted octanol–water partition coefficient (Wildman–Crippen LogP) is 3.24. The van der Waals surface area contributed by atoms with Crippen molar-refractivity contribution >= 4 is 17.3 Å². The molecule has 9 heteroatoms. The summed E-state index contributed by atoms with van der Waals surface area (Å²) >= 11 is 4.50. The van der Waals surface area contributed by atoms with E-state index in [4.69, 9.17) is 0 Å². The van der Waals surface area contributed by atoms with Crippen LogP contribution in [0.5, 0.6) is 5.75 Å². The molecule has 1 rings (SSSR count). The van der Waals surface area contributed by atoms with Gasteiger partial charge in [0.2, 0.25) is 5.82 Å². The van der Waals surface area contributed by atoms with Gasteiger partial charge in [-0.25, -0.2) is 4.39 Å². The molecule has 0 aliphatic heterocycles. The van der Waals surface area contributed by atoms with Crippen LogP contribution in [0.1, 0.15) is 0 Å². The van der Waals surface area contributed by atoms with Gasteiger partial charge in [-0.15, -0.1) is 0 Å². The Balaban J connectivity index is 2.96. The summed E-state index contributed by atoms with van der Waals surface area (Å²) < 4.78 is 54.2. The number of nitro benzene ring substituents is 1. The molecule has 0 N–H and O–H groups in total. The first kappa shape index (κ1) is 13.5. The highest BCUT2D eigenvalue weighted by molar-refractivity contribution is 6.20. The number of hydrogen-bond acceptors (Lipinski definition) is 3. The minimum atomic E-state index is -4.36. The fourth-order valence-electron chi connectivity index (χ4n) is 0.901. The topological polar surface area (TPSA) is 52.4 Å². The Morgan fingerprint density at radius 3 is 2.47 bits per heavy atom. The van der Waals surface area contributed by atoms with Crippen LogP contribution in [0.25, 0.3) is 0 Å². The second-order valence-electron chi connectivity index (χ2n) is 2.83. The average Bonchev–Trinajstić information content (AvgIpc) is 2.15. The lowest BCUT2D eigenvalue weighted by molar-refractivity contribution is -0.387. The highest BCUT2D eigenvalue weighted by atomic mass is 35.5. The molecule has 0 aromatic heterocycles. The predicted molar refractivity (Wildman–Crippen MR) is 49.4 cm³/mol. The number of halogens is 5. The van der Waals surface area contributed by atoms with Crippen molar-refractivity contribution in [1.29, 1.82) is 0 Å². The fourth-order valence-corrected chi connectivity index (χ4v) is 0.945. The molecule has 1 atom stereocenters. The van der Waals surface area contributed by atoms with Crippen molar-refractivity contribution < 1.29 is 27.2 Å². The third kappa shape index (κ3) is 3.19. The van der Waals surface area contributed by atoms with Gasteiger partial charge in [-0.3, -0.25) is 10.1 Å². The van der Waals surface area contributed by atoms with Crippen molar-refractivity contribution in [2.45, 2.75) is 11.7 Å². The van der Waals surface area contributed by atoms with Crippen LogP contribution < -0.4 is 4.74 Å². The number of alkyl halides is 4. The van der Waals surface area contributed by atoms with Crippen molar-refractivity contribution in [3.63, 3.8) is 0 Å². The summed E-state index contributed by atoms with van der Waals surface area (Å²) in [4.78, 5) is 9.18. The molecule has 0 saturated carbocycles. The standard InChI is InChI=1S/C8H4ClF4NO3/c9-7(11)8(12,13)17-4-1-2-6(14(15)16)5(10)3-4/h1-3,7H. The van der Waals surface area contributed by atoms with Gasteiger partial charge in [-0.05, 0) is 6.07 Å². The van der Waals surface area contributed by atoms with Gasteiger partial charge < -0.3 is 4.74 Å². The number of hydrogen-bond donors (Lipinski definition) is 0. The molecule has 0 bridgehead atoms. The second-order valence-corrected chi connectivity index (χ2v) is 3.22. The minimum Gasteiger partial charge on any atom is -0.429 e. The summed E-state index contributed by atoms with van der Waals surface area (Å²) in [5.41, 5.74) is -4.04. The van der Waals surface area contributed by atoms with E-state index in [1.807, 2.05) is 0 Å². The van der Waals surface area contributed by atoms with Gasteiger partial charge in [0.25, 0.3) is 5.63 Å². The van der Waals surface area contributed by atoms with E-state index in [0.29, 0.717) is 18.2 Å². The Morgan fingerprint density at radius 1 is 1.47 bits per heavy atom. The maximum atomic E-state index is 13.0. The lowest BCUT2D eigenvalue weighted by Crippen LogP contribution is -2.32. The molecule has 0 spiro atoms. The third-order valence-electron chi connectivity index (χ3n) is 1.62. The molecule has 0 aliphatic rings. The first-order valence-electron chi connectivity index (χ1n) is 4.03. The molecular weight excluding hydrogens is 270 g/mol. The maximum Gasteiger partial charge on any atom is 0.444 e. The minimum absolute atomic E-state index is 0.339. The van der Waals surface area contributed by atoms with Crippen LogP contribution in [-0.4, -0.2) is 16.7 Å². The van der Waals surface area contributed by atoms with Crippen LogP contribution in [0.4, 0.5) is 23.2 Å². The summed E-state index contributed by atoms with van der Waals surface area (Å²) in [6, 6.07) is 1.65. The van der Waals surface area contributed by atoms with E-state index >= 15 is 0 Å². The van der Waals surface area contributed by atoms with Gasteiger partial charge in [0, 0.05) is 12.1 Å². The highest BCUT2D eigenvalue weighted by Gasteiger charge is 2.42. The average molecular weight is 274 g/mol. The molecule has 1 unspecified atom stereocenters. The van der Waals surface area contributed by atoms with Crippen LogP contribution >= 0.6 is 11.6 Å². The number of nitro groups is 1. The van der Waals surface area contributed by atoms with Gasteiger partial charge in [0.15, 0.2) is 0 Å². The molecule has 1 aromatic carbocycles. The first-order chi connectivity index (χ1) is 7.74. The van der Waals surface area contributed by atoms with Crippen LogP contribution in [0, 0.1) is 15.9 Å². The lowest BCUT2D eigenvalue weighted by atomic mass is 10.3. The van der Waals surface area contributed by atoms with Crippen LogP contribution in [0.3, 0.4) is 0 Å². The zero-order chi connectivity index (χ0) is 13.2. The van der Waals surface area contributed by atoms with Gasteiger partial charge in [0.05, 0.1) is 4.92 Å². The van der Waals surface area contributed by atoms with E-state index < -0.39 is 33.9 Å². The molecule has 0 radical (unpaired) electrons. The van der Waals surface area contributed by atoms with E-state index in [1.54, 1.807) is 0 Å². The number of rotatable bonds is 4. The SMILES string of the molecule is O=[N+]([O-])c1ccc(OC(F)(F)C(F)Cl)cc1F. The van der Waals surface area contributed by atoms with Crippen LogP contribution in [0.15, 0.2) is 18.2 Å². The highest BCUT2D eigenvalue weighted by Crippen LogP contribution is 2.30. The van der Waals surface area contributed by atoms with Gasteiger partial charge in [-0.1, -0.05) is 11.6 Å². The number of nitrogens with zero attached hydrogens (tertiary/aromatic N) is 1. The van der Waals surface area contributed by atoms with E-state index in [2.05, 4.69) is 16.3 Å². The second kappa shape index (κ2) is 4.74. The Morgan fingerprint density at radius 2 is 2.06 bits per heavy atom. The molecule has 94 valence electrons. The summed E-state index contributed by atoms with van der Waals surface area (Å²) in [5.74, 6) is -2.16. The molecule has 1 aromatic rings. The maximum absolute atomic E-state index is 13.0. The quantitative estimate of drug-likeness (QED) is 0.366. The lowest BCUT2D eigenvalue weighted by Gasteiger charge is -2.17. The Bertz CT molecular complexity index is 441. The summed E-state index contributed by atoms with van der Waals surface area (Å²) in [6.07, 6.45) is -4.36. The van der Waals surface area contributed by atoms with Crippen molar-refractivity contribution in [2.75, 3.05) is 0 Å². The molecule has 17 heavy (non-hydrogen) atoms. The Kier molecular flexibility index (Phi) is 3.76. The van der Waals surface area contributed by atoms with Crippen LogP contribution in [-0.2, 0) is 0 Å².